The Balaban J connectivity index is 0.000000230. The number of rotatable bonds is 9. The lowest BCUT2D eigenvalue weighted by Gasteiger charge is -2.15. The van der Waals surface area contributed by atoms with Gasteiger partial charge in [0.2, 0.25) is 0 Å². The molecule has 3 unspecified atom stereocenters. The Labute approximate surface area is 132 Å². The summed E-state index contributed by atoms with van der Waals surface area (Å²) in [5.41, 5.74) is 0. The first kappa shape index (κ1) is 19.1. The second kappa shape index (κ2) is 11.6. The summed E-state index contributed by atoms with van der Waals surface area (Å²) < 4.78 is 21.8. The van der Waals surface area contributed by atoms with Crippen LogP contribution in [0.4, 0.5) is 0 Å². The molecule has 5 heteroatoms. The van der Waals surface area contributed by atoms with Crippen molar-refractivity contribution in [2.24, 2.45) is 5.92 Å². The van der Waals surface area contributed by atoms with Crippen molar-refractivity contribution in [1.82, 2.24) is 0 Å². The molecule has 1 aliphatic heterocycles. The Morgan fingerprint density at radius 1 is 0.857 bits per heavy atom. The summed E-state index contributed by atoms with van der Waals surface area (Å²) >= 11 is 0. The highest BCUT2D eigenvalue weighted by atomic mass is 28.3. The molecule has 0 aromatic heterocycles. The van der Waals surface area contributed by atoms with Gasteiger partial charge in [0.25, 0.3) is 0 Å². The van der Waals surface area contributed by atoms with Crippen LogP contribution in [0, 0.1) is 5.92 Å². The van der Waals surface area contributed by atoms with Crippen molar-refractivity contribution in [1.29, 1.82) is 0 Å². The third-order valence-corrected chi connectivity index (χ3v) is 5.16. The van der Waals surface area contributed by atoms with Crippen LogP contribution in [0.1, 0.15) is 66.2 Å². The molecule has 2 aliphatic rings. The van der Waals surface area contributed by atoms with Crippen molar-refractivity contribution >= 4 is 9.53 Å². The van der Waals surface area contributed by atoms with E-state index in [2.05, 4.69) is 27.7 Å². The molecule has 0 N–H and O–H groups in total. The van der Waals surface area contributed by atoms with Gasteiger partial charge in [-0.2, -0.15) is 0 Å². The van der Waals surface area contributed by atoms with Gasteiger partial charge in [-0.25, -0.2) is 0 Å². The molecule has 1 heterocycles. The van der Waals surface area contributed by atoms with Gasteiger partial charge in [-0.3, -0.25) is 0 Å². The van der Waals surface area contributed by atoms with Gasteiger partial charge >= 0.3 is 9.53 Å². The molecule has 4 nitrogen and oxygen atoms in total. The Hall–Kier alpha value is 0.0569. The monoisotopic (exact) mass is 318 g/mol. The van der Waals surface area contributed by atoms with E-state index in [-0.39, 0.29) is 0 Å². The third-order valence-electron chi connectivity index (χ3n) is 3.64. The van der Waals surface area contributed by atoms with E-state index < -0.39 is 9.53 Å². The second-order valence-electron chi connectivity index (χ2n) is 6.03. The van der Waals surface area contributed by atoms with Gasteiger partial charge in [0.15, 0.2) is 0 Å². The first-order valence-electron chi connectivity index (χ1n) is 8.71. The zero-order chi connectivity index (χ0) is 15.5. The van der Waals surface area contributed by atoms with E-state index in [1.807, 2.05) is 0 Å². The molecule has 0 aromatic rings. The predicted octanol–water partition coefficient (Wildman–Crippen LogP) is 3.56. The molecule has 0 radical (unpaired) electrons. The smallest absolute Gasteiger partial charge is 0.376 e. The number of hydrogen-bond acceptors (Lipinski definition) is 4. The zero-order valence-corrected chi connectivity index (χ0v) is 15.5. The van der Waals surface area contributed by atoms with Crippen molar-refractivity contribution in [3.8, 4) is 0 Å². The molecular formula is C16H34O4Si. The molecular weight excluding hydrogens is 284 g/mol. The topological polar surface area (TPSA) is 40.2 Å². The van der Waals surface area contributed by atoms with Crippen LogP contribution in [0.25, 0.3) is 0 Å². The van der Waals surface area contributed by atoms with Gasteiger partial charge in [-0.05, 0) is 44.4 Å². The number of hydrogen-bond donors (Lipinski definition) is 0. The first-order valence-corrected chi connectivity index (χ1v) is 10.1. The van der Waals surface area contributed by atoms with Crippen LogP contribution in [0.5, 0.6) is 0 Å². The van der Waals surface area contributed by atoms with E-state index in [0.29, 0.717) is 12.2 Å². The highest BCUT2D eigenvalue weighted by Gasteiger charge is 2.42. The third kappa shape index (κ3) is 8.93. The summed E-state index contributed by atoms with van der Waals surface area (Å²) in [4.78, 5) is 0. The Kier molecular flexibility index (Phi) is 10.6. The molecule has 2 rings (SSSR count). The summed E-state index contributed by atoms with van der Waals surface area (Å²) in [6, 6.07) is 0. The molecule has 21 heavy (non-hydrogen) atoms. The fourth-order valence-corrected chi connectivity index (χ4v) is 3.96. The minimum absolute atomic E-state index is 0.679. The molecule has 3 atom stereocenters. The normalized spacial score (nSPS) is 27.0. The fourth-order valence-electron chi connectivity index (χ4n) is 2.39. The largest absolute Gasteiger partial charge is 0.484 e. The molecule has 1 saturated heterocycles. The Bertz CT molecular complexity index is 233. The molecule has 2 fully saturated rings. The zero-order valence-electron chi connectivity index (χ0n) is 14.3. The van der Waals surface area contributed by atoms with Gasteiger partial charge in [0.05, 0.1) is 12.2 Å². The van der Waals surface area contributed by atoms with Crippen LogP contribution in [-0.2, 0) is 18.0 Å². The van der Waals surface area contributed by atoms with Crippen molar-refractivity contribution in [3.05, 3.63) is 0 Å². The minimum atomic E-state index is -1.79. The summed E-state index contributed by atoms with van der Waals surface area (Å²) in [6.45, 7) is 10.8. The van der Waals surface area contributed by atoms with Crippen molar-refractivity contribution in [2.75, 3.05) is 19.8 Å². The predicted molar refractivity (Wildman–Crippen MR) is 87.6 cm³/mol. The van der Waals surface area contributed by atoms with E-state index in [9.17, 15) is 0 Å². The first-order chi connectivity index (χ1) is 10.2. The lowest BCUT2D eigenvalue weighted by atomic mass is 9.91. The van der Waals surface area contributed by atoms with Gasteiger partial charge in [-0.1, -0.05) is 27.7 Å². The molecule has 1 aliphatic carbocycles. The average molecular weight is 319 g/mol. The van der Waals surface area contributed by atoms with Gasteiger partial charge in [-0.15, -0.1) is 0 Å². The van der Waals surface area contributed by atoms with E-state index in [1.54, 1.807) is 0 Å². The fraction of sp³-hybridized carbons (Fsp3) is 1.00. The van der Waals surface area contributed by atoms with E-state index in [4.69, 9.17) is 18.0 Å². The molecule has 0 bridgehead atoms. The minimum Gasteiger partial charge on any atom is -0.376 e. The highest BCUT2D eigenvalue weighted by Crippen LogP contribution is 2.38. The van der Waals surface area contributed by atoms with Crippen LogP contribution in [0.15, 0.2) is 0 Å². The summed E-state index contributed by atoms with van der Waals surface area (Å²) in [7, 11) is -1.79. The average Bonchev–Trinajstić information content (AvgIpc) is 3.25. The van der Waals surface area contributed by atoms with Crippen LogP contribution in [0.3, 0.4) is 0 Å². The molecule has 0 aromatic carbocycles. The maximum Gasteiger partial charge on any atom is 0.484 e. The van der Waals surface area contributed by atoms with Gasteiger partial charge < -0.3 is 18.0 Å². The van der Waals surface area contributed by atoms with Crippen LogP contribution in [-0.4, -0.2) is 41.6 Å². The maximum absolute atomic E-state index is 5.49. The summed E-state index contributed by atoms with van der Waals surface area (Å²) in [6.07, 6.45) is 8.47. The number of fused-ring (bicyclic) bond motifs is 1. The quantitative estimate of drug-likeness (QED) is 0.481. The van der Waals surface area contributed by atoms with Crippen molar-refractivity contribution < 1.29 is 18.0 Å². The van der Waals surface area contributed by atoms with E-state index in [1.165, 1.54) is 19.3 Å². The van der Waals surface area contributed by atoms with E-state index in [0.717, 1.165) is 45.0 Å². The lowest BCUT2D eigenvalue weighted by molar-refractivity contribution is 0.0933. The van der Waals surface area contributed by atoms with E-state index >= 15 is 0 Å². The van der Waals surface area contributed by atoms with Crippen LogP contribution >= 0.6 is 0 Å². The van der Waals surface area contributed by atoms with Gasteiger partial charge in [0.1, 0.15) is 0 Å². The summed E-state index contributed by atoms with van der Waals surface area (Å²) in [5.74, 6) is 0.929. The van der Waals surface area contributed by atoms with Crippen LogP contribution in [0.2, 0.25) is 0 Å². The van der Waals surface area contributed by atoms with Gasteiger partial charge in [0, 0.05) is 19.8 Å². The summed E-state index contributed by atoms with van der Waals surface area (Å²) in [5, 5.41) is 0. The van der Waals surface area contributed by atoms with Crippen molar-refractivity contribution in [2.45, 2.75) is 78.4 Å². The maximum atomic E-state index is 5.49. The SMILES string of the molecule is CC1CCC2OC2C1.CCCO[SiH](OCCC)OCCC. The van der Waals surface area contributed by atoms with Crippen molar-refractivity contribution in [3.63, 3.8) is 0 Å². The molecule has 126 valence electrons. The standard InChI is InChI=1S/C9H22O3Si.C7H12O/c1-4-7-10-13(11-8-5-2)12-9-6-3;1-5-2-3-6-7(4-5)8-6/h13H,4-9H2,1-3H3;5-7H,2-4H2,1H3. The Morgan fingerprint density at radius 2 is 1.38 bits per heavy atom. The lowest BCUT2D eigenvalue weighted by Crippen LogP contribution is -2.28. The molecule has 1 saturated carbocycles. The highest BCUT2D eigenvalue weighted by molar-refractivity contribution is 6.36. The Morgan fingerprint density at radius 3 is 1.76 bits per heavy atom. The molecule has 0 amide bonds. The van der Waals surface area contributed by atoms with Crippen LogP contribution < -0.4 is 0 Å². The number of epoxide rings is 1. The number of ether oxygens (including phenoxy) is 1. The molecule has 0 spiro atoms. The second-order valence-corrected chi connectivity index (χ2v) is 7.61.